The number of aromatic nitrogens is 3. The van der Waals surface area contributed by atoms with E-state index in [0.717, 1.165) is 63.0 Å². The van der Waals surface area contributed by atoms with E-state index in [9.17, 15) is 14.4 Å². The van der Waals surface area contributed by atoms with E-state index in [1.807, 2.05) is 25.1 Å². The van der Waals surface area contributed by atoms with Crippen molar-refractivity contribution in [2.75, 3.05) is 102 Å². The van der Waals surface area contributed by atoms with Crippen LogP contribution in [0.3, 0.4) is 0 Å². The van der Waals surface area contributed by atoms with Crippen molar-refractivity contribution in [1.82, 2.24) is 35.0 Å². The van der Waals surface area contributed by atoms with E-state index in [1.165, 1.54) is 13.2 Å². The Kier molecular flexibility index (Phi) is 13.1. The number of carbonyl (C=O) groups is 3. The van der Waals surface area contributed by atoms with Crippen LogP contribution >= 0.6 is 0 Å². The van der Waals surface area contributed by atoms with Crippen molar-refractivity contribution in [2.45, 2.75) is 95.0 Å². The summed E-state index contributed by atoms with van der Waals surface area (Å²) in [5.41, 5.74) is 1.61. The van der Waals surface area contributed by atoms with Gasteiger partial charge in [-0.05, 0) is 110 Å². The number of fused-ring (bicyclic) bond motifs is 3. The van der Waals surface area contributed by atoms with Crippen molar-refractivity contribution in [1.29, 1.82) is 0 Å². The number of carbonyl (C=O) groups excluding carboxylic acids is 3. The van der Waals surface area contributed by atoms with Crippen LogP contribution in [0.1, 0.15) is 86.2 Å². The second-order valence-electron chi connectivity index (χ2n) is 22.0. The Labute approximate surface area is 433 Å². The number of methoxy groups -OCH3 is 1. The van der Waals surface area contributed by atoms with Crippen LogP contribution < -0.4 is 24.6 Å². The maximum absolute atomic E-state index is 17.5. The molecule has 5 aromatic rings. The molecule has 1 aliphatic carbocycles. The van der Waals surface area contributed by atoms with E-state index in [-0.39, 0.29) is 59.1 Å². The Balaban J connectivity index is 0.707. The van der Waals surface area contributed by atoms with E-state index in [4.69, 9.17) is 33.9 Å². The van der Waals surface area contributed by atoms with Gasteiger partial charge < -0.3 is 38.5 Å². The topological polar surface area (TPSA) is 155 Å². The quantitative estimate of drug-likeness (QED) is 0.0848. The molecule has 3 amide bonds. The summed E-state index contributed by atoms with van der Waals surface area (Å²) in [7, 11) is 1.52. The number of hydrogen-bond donors (Lipinski definition) is 1. The monoisotopic (exact) mass is 1030 g/mol. The number of halogens is 3. The third kappa shape index (κ3) is 9.62. The van der Waals surface area contributed by atoms with Crippen LogP contribution in [0.25, 0.3) is 32.9 Å². The third-order valence-electron chi connectivity index (χ3n) is 17.1. The van der Waals surface area contributed by atoms with Crippen molar-refractivity contribution in [3.8, 4) is 23.0 Å². The van der Waals surface area contributed by atoms with Crippen molar-refractivity contribution in [3.05, 3.63) is 77.0 Å². The number of benzene rings is 3. The van der Waals surface area contributed by atoms with Crippen LogP contribution in [0.5, 0.6) is 11.8 Å². The number of anilines is 2. The Morgan fingerprint density at radius 2 is 1.65 bits per heavy atom. The number of nitrogens with one attached hydrogen (secondary N) is 1. The normalized spacial score (nSPS) is 23.7. The van der Waals surface area contributed by atoms with Gasteiger partial charge in [0.25, 0.3) is 5.91 Å². The van der Waals surface area contributed by atoms with Crippen LogP contribution in [0, 0.1) is 17.0 Å². The first kappa shape index (κ1) is 49.7. The highest BCUT2D eigenvalue weighted by atomic mass is 19.1. The van der Waals surface area contributed by atoms with Gasteiger partial charge in [-0.1, -0.05) is 13.0 Å². The Morgan fingerprint density at radius 3 is 2.39 bits per heavy atom. The first-order valence-electron chi connectivity index (χ1n) is 26.7. The molecular formula is C56H64F3N9O7. The number of amides is 3. The highest BCUT2D eigenvalue weighted by Gasteiger charge is 2.48. The third-order valence-corrected chi connectivity index (χ3v) is 17.1. The fourth-order valence-corrected chi connectivity index (χ4v) is 12.5. The number of piperazine rings is 1. The molecule has 0 radical (unpaired) electrons. The lowest BCUT2D eigenvalue weighted by molar-refractivity contribution is -0.151. The van der Waals surface area contributed by atoms with E-state index >= 15 is 13.2 Å². The van der Waals surface area contributed by atoms with E-state index < -0.39 is 23.4 Å². The molecule has 16 nitrogen and oxygen atoms in total. The van der Waals surface area contributed by atoms with Gasteiger partial charge in [0.05, 0.1) is 24.2 Å². The molecule has 0 bridgehead atoms. The summed E-state index contributed by atoms with van der Waals surface area (Å²) in [4.78, 5) is 62.6. The smallest absolute Gasteiger partial charge is 0.319 e. The van der Waals surface area contributed by atoms with Gasteiger partial charge in [-0.3, -0.25) is 29.6 Å². The maximum atomic E-state index is 17.5. The van der Waals surface area contributed by atoms with Crippen LogP contribution in [0.15, 0.2) is 48.7 Å². The number of nitrogens with zero attached hydrogens (tertiary/aromatic N) is 8. The molecular weight excluding hydrogens is 968 g/mol. The maximum Gasteiger partial charge on any atom is 0.319 e. The summed E-state index contributed by atoms with van der Waals surface area (Å²) in [5.74, 6) is -1.02. The number of imide groups is 1. The lowest BCUT2D eigenvalue weighted by Crippen LogP contribution is -2.56. The van der Waals surface area contributed by atoms with Gasteiger partial charge in [0.1, 0.15) is 40.3 Å². The molecule has 19 heteroatoms. The molecule has 12 rings (SSSR count). The van der Waals surface area contributed by atoms with Gasteiger partial charge in [0.2, 0.25) is 11.8 Å². The molecule has 7 aliphatic rings. The van der Waals surface area contributed by atoms with Gasteiger partial charge in [0.15, 0.2) is 12.6 Å². The minimum atomic E-state index is -1.30. The summed E-state index contributed by atoms with van der Waals surface area (Å²) in [6.45, 7) is 9.78. The molecule has 75 heavy (non-hydrogen) atoms. The van der Waals surface area contributed by atoms with Gasteiger partial charge >= 0.3 is 6.01 Å². The van der Waals surface area contributed by atoms with E-state index in [1.54, 1.807) is 29.3 Å². The molecule has 1 spiro atoms. The first-order valence-corrected chi connectivity index (χ1v) is 26.7. The molecule has 1 saturated carbocycles. The molecule has 6 aliphatic heterocycles. The predicted molar refractivity (Wildman–Crippen MR) is 275 cm³/mol. The van der Waals surface area contributed by atoms with Crippen LogP contribution in [0.2, 0.25) is 0 Å². The van der Waals surface area contributed by atoms with Gasteiger partial charge in [-0.25, -0.2) is 13.2 Å². The minimum Gasteiger partial charge on any atom is -0.468 e. The summed E-state index contributed by atoms with van der Waals surface area (Å²) in [6.07, 6.45) is 8.03. The number of ether oxygens (including phenoxy) is 4. The fraction of sp³-hybridized carbons (Fsp3) is 0.536. The Hall–Kier alpha value is -6.15. The summed E-state index contributed by atoms with van der Waals surface area (Å²) in [6, 6.07) is 11.8. The molecule has 3 aromatic carbocycles. The second-order valence-corrected chi connectivity index (χ2v) is 22.0. The zero-order chi connectivity index (χ0) is 51.6. The molecule has 2 atom stereocenters. The average molecular weight is 1030 g/mol. The number of rotatable bonds is 15. The summed E-state index contributed by atoms with van der Waals surface area (Å²) < 4.78 is 73.3. The Bertz CT molecular complexity index is 3070. The van der Waals surface area contributed by atoms with E-state index in [2.05, 4.69) is 24.9 Å². The summed E-state index contributed by atoms with van der Waals surface area (Å²) >= 11 is 0. The number of alkyl halides is 1. The first-order chi connectivity index (χ1) is 36.3. The van der Waals surface area contributed by atoms with Crippen molar-refractivity contribution < 1.29 is 46.5 Å². The lowest BCUT2D eigenvalue weighted by Gasteiger charge is -2.48. The number of pyridine rings is 1. The van der Waals surface area contributed by atoms with Crippen molar-refractivity contribution in [2.24, 2.45) is 5.41 Å². The SMILES string of the molecule is CCc1c(F)ccc2cc(OCOC)cc(-c3ncc4c(N5CCCC6(CCO6)C5)nc(OCC5(CN6CCC(F)(CN7CCN(c8ccc9c(c8)CN([C@H]8CCC(=O)NC8=O)C9=O)CC7)CC6)CC5)nc4c3F)c12. The molecule has 396 valence electrons. The molecule has 5 saturated heterocycles. The number of likely N-dealkylation sites (tertiary alicyclic amines) is 1. The number of aryl methyl sites for hydroxylation is 1. The molecule has 8 heterocycles. The second kappa shape index (κ2) is 19.8. The Morgan fingerprint density at radius 1 is 0.853 bits per heavy atom. The van der Waals surface area contributed by atoms with Crippen LogP contribution in [-0.4, -0.2) is 157 Å². The van der Waals surface area contributed by atoms with Gasteiger partial charge in [0, 0.05) is 120 Å². The standard InChI is InChI=1S/C56H64F3N9O7/c1-3-39-43(57)8-5-35-26-38(74-34-72-2)27-41(46(35)39)48-47(58)49-42(28-60-48)50(67-17-4-11-56(32-67)16-24-75-56)63-53(62-49)73-33-54(12-13-54)30-64-18-14-55(59,15-19-64)31-65-20-22-66(23-21-65)37-6-7-40-36(25-37)29-68(52(40)71)44-9-10-45(69)61-51(44)70/h5-8,25-28,44H,3-4,9-24,29-34H2,1-2H3,(H,61,69,70)/t44-,56?/m0/s1. The molecule has 6 fully saturated rings. The zero-order valence-electron chi connectivity index (χ0n) is 42.7. The fourth-order valence-electron chi connectivity index (χ4n) is 12.5. The predicted octanol–water partition coefficient (Wildman–Crippen LogP) is 6.97. The zero-order valence-corrected chi connectivity index (χ0v) is 42.7. The number of hydrogen-bond acceptors (Lipinski definition) is 14. The van der Waals surface area contributed by atoms with Crippen molar-refractivity contribution in [3.63, 3.8) is 0 Å². The minimum absolute atomic E-state index is 0.0103. The molecule has 1 N–H and O–H groups in total. The highest BCUT2D eigenvalue weighted by Crippen LogP contribution is 2.48. The van der Waals surface area contributed by atoms with Crippen LogP contribution in [-0.2, 0) is 32.0 Å². The number of piperidine rings is 3. The molecule has 2 aromatic heterocycles. The lowest BCUT2D eigenvalue weighted by atomic mass is 9.86. The van der Waals surface area contributed by atoms with Crippen LogP contribution in [0.4, 0.5) is 24.7 Å². The molecule has 1 unspecified atom stereocenters. The highest BCUT2D eigenvalue weighted by molar-refractivity contribution is 6.06. The van der Waals surface area contributed by atoms with Gasteiger partial charge in [-0.15, -0.1) is 0 Å². The van der Waals surface area contributed by atoms with Gasteiger partial charge in [-0.2, -0.15) is 9.97 Å². The largest absolute Gasteiger partial charge is 0.468 e. The van der Waals surface area contributed by atoms with Crippen molar-refractivity contribution >= 4 is 50.9 Å². The summed E-state index contributed by atoms with van der Waals surface area (Å²) in [5, 5.41) is 4.04. The van der Waals surface area contributed by atoms with E-state index in [0.29, 0.717) is 136 Å². The average Bonchev–Trinajstić information content (AvgIpc) is 4.11.